The van der Waals surface area contributed by atoms with Gasteiger partial charge in [0.05, 0.1) is 5.69 Å². The van der Waals surface area contributed by atoms with E-state index < -0.39 is 17.5 Å². The Hall–Kier alpha value is -1.36. The first-order chi connectivity index (χ1) is 6.42. The molecule has 1 aromatic rings. The van der Waals surface area contributed by atoms with Gasteiger partial charge in [-0.2, -0.15) is 13.2 Å². The maximum absolute atomic E-state index is 12.4. The van der Waals surface area contributed by atoms with E-state index >= 15 is 0 Å². The molecule has 5 heteroatoms. The first-order valence-corrected chi connectivity index (χ1v) is 3.76. The summed E-state index contributed by atoms with van der Waals surface area (Å²) in [6.45, 7) is 2.97. The van der Waals surface area contributed by atoms with Gasteiger partial charge in [0.2, 0.25) is 5.60 Å². The maximum atomic E-state index is 12.4. The second kappa shape index (κ2) is 3.42. The van der Waals surface area contributed by atoms with Gasteiger partial charge in [0.1, 0.15) is 0 Å². The van der Waals surface area contributed by atoms with E-state index in [1.165, 1.54) is 18.3 Å². The summed E-state index contributed by atoms with van der Waals surface area (Å²) < 4.78 is 37.3. The molecule has 0 radical (unpaired) electrons. The Bertz CT molecular complexity index is 323. The third kappa shape index (κ3) is 1.63. The van der Waals surface area contributed by atoms with Crippen LogP contribution in [0.3, 0.4) is 0 Å². The summed E-state index contributed by atoms with van der Waals surface area (Å²) in [6, 6.07) is 3.92. The lowest BCUT2D eigenvalue weighted by Gasteiger charge is -2.26. The number of nitrogens with zero attached hydrogens (tertiary/aromatic N) is 1. The van der Waals surface area contributed by atoms with Gasteiger partial charge >= 0.3 is 6.18 Å². The van der Waals surface area contributed by atoms with E-state index in [1.807, 2.05) is 0 Å². The molecule has 0 fully saturated rings. The van der Waals surface area contributed by atoms with E-state index in [0.29, 0.717) is 6.08 Å². The minimum Gasteiger partial charge on any atom is -0.371 e. The van der Waals surface area contributed by atoms with Crippen LogP contribution in [-0.4, -0.2) is 16.3 Å². The minimum absolute atomic E-state index is 0.426. The number of rotatable bonds is 2. The Morgan fingerprint density at radius 3 is 2.36 bits per heavy atom. The third-order valence-electron chi connectivity index (χ3n) is 1.78. The molecule has 0 amide bonds. The van der Waals surface area contributed by atoms with Crippen molar-refractivity contribution in [1.29, 1.82) is 0 Å². The van der Waals surface area contributed by atoms with Crippen LogP contribution in [0.4, 0.5) is 13.2 Å². The van der Waals surface area contributed by atoms with Crippen LogP contribution in [-0.2, 0) is 5.60 Å². The SMILES string of the molecule is C=CC(O)(c1ccccn1)C(F)(F)F. The summed E-state index contributed by atoms with van der Waals surface area (Å²) in [7, 11) is 0. The average molecular weight is 203 g/mol. The lowest BCUT2D eigenvalue weighted by Crippen LogP contribution is -2.40. The zero-order chi connectivity index (χ0) is 10.8. The highest BCUT2D eigenvalue weighted by atomic mass is 19.4. The molecule has 0 aliphatic carbocycles. The van der Waals surface area contributed by atoms with E-state index in [9.17, 15) is 18.3 Å². The van der Waals surface area contributed by atoms with Crippen LogP contribution in [0, 0.1) is 0 Å². The Morgan fingerprint density at radius 2 is 2.00 bits per heavy atom. The molecule has 2 nitrogen and oxygen atoms in total. The van der Waals surface area contributed by atoms with Crippen LogP contribution in [0.15, 0.2) is 37.1 Å². The molecule has 0 bridgehead atoms. The molecular formula is C9H8F3NO. The van der Waals surface area contributed by atoms with E-state index in [0.717, 1.165) is 6.07 Å². The fourth-order valence-electron chi connectivity index (χ4n) is 0.954. The molecule has 1 N–H and O–H groups in total. The van der Waals surface area contributed by atoms with Crippen molar-refractivity contribution in [2.24, 2.45) is 0 Å². The van der Waals surface area contributed by atoms with Crippen molar-refractivity contribution in [2.75, 3.05) is 0 Å². The first kappa shape index (κ1) is 10.7. The van der Waals surface area contributed by atoms with Crippen molar-refractivity contribution in [3.8, 4) is 0 Å². The predicted octanol–water partition coefficient (Wildman–Crippen LogP) is 2.02. The molecule has 0 aliphatic heterocycles. The molecular weight excluding hydrogens is 195 g/mol. The molecule has 1 unspecified atom stereocenters. The number of aromatic nitrogens is 1. The van der Waals surface area contributed by atoms with Crippen molar-refractivity contribution < 1.29 is 18.3 Å². The molecule has 0 aliphatic rings. The van der Waals surface area contributed by atoms with Crippen molar-refractivity contribution in [1.82, 2.24) is 4.98 Å². The number of halogens is 3. The van der Waals surface area contributed by atoms with Crippen LogP contribution in [0.1, 0.15) is 5.69 Å². The monoisotopic (exact) mass is 203 g/mol. The van der Waals surface area contributed by atoms with E-state index in [4.69, 9.17) is 0 Å². The van der Waals surface area contributed by atoms with Crippen LogP contribution >= 0.6 is 0 Å². The maximum Gasteiger partial charge on any atom is 0.426 e. The van der Waals surface area contributed by atoms with Gasteiger partial charge in [-0.1, -0.05) is 12.6 Å². The molecule has 1 aromatic heterocycles. The standard InChI is InChI=1S/C9H8F3NO/c1-2-8(14,9(10,11)12)7-5-3-4-6-13-7/h2-6,14H,1H2. The van der Waals surface area contributed by atoms with Gasteiger partial charge in [-0.05, 0) is 18.2 Å². The van der Waals surface area contributed by atoms with E-state index in [-0.39, 0.29) is 0 Å². The first-order valence-electron chi connectivity index (χ1n) is 3.76. The van der Waals surface area contributed by atoms with Crippen LogP contribution < -0.4 is 0 Å². The van der Waals surface area contributed by atoms with Gasteiger partial charge in [-0.25, -0.2) is 0 Å². The highest BCUT2D eigenvalue weighted by Gasteiger charge is 2.53. The lowest BCUT2D eigenvalue weighted by molar-refractivity contribution is -0.246. The molecule has 0 aromatic carbocycles. The van der Waals surface area contributed by atoms with Crippen molar-refractivity contribution in [3.63, 3.8) is 0 Å². The molecule has 0 spiro atoms. The van der Waals surface area contributed by atoms with Gasteiger partial charge in [-0.15, -0.1) is 0 Å². The van der Waals surface area contributed by atoms with Gasteiger partial charge < -0.3 is 5.11 Å². The Kier molecular flexibility index (Phi) is 2.62. The summed E-state index contributed by atoms with van der Waals surface area (Å²) >= 11 is 0. The number of aliphatic hydroxyl groups is 1. The Balaban J connectivity index is 3.22. The van der Waals surface area contributed by atoms with E-state index in [1.54, 1.807) is 0 Å². The molecule has 1 rings (SSSR count). The zero-order valence-electron chi connectivity index (χ0n) is 7.12. The summed E-state index contributed by atoms with van der Waals surface area (Å²) in [5, 5.41) is 9.32. The van der Waals surface area contributed by atoms with Crippen molar-refractivity contribution in [2.45, 2.75) is 11.8 Å². The summed E-state index contributed by atoms with van der Waals surface area (Å²) in [4.78, 5) is 3.45. The summed E-state index contributed by atoms with van der Waals surface area (Å²) in [5.41, 5.74) is -3.56. The number of alkyl halides is 3. The van der Waals surface area contributed by atoms with Crippen molar-refractivity contribution in [3.05, 3.63) is 42.7 Å². The Morgan fingerprint density at radius 1 is 1.36 bits per heavy atom. The number of pyridine rings is 1. The third-order valence-corrected chi connectivity index (χ3v) is 1.78. The quantitative estimate of drug-likeness (QED) is 0.746. The van der Waals surface area contributed by atoms with Gasteiger partial charge in [0.25, 0.3) is 0 Å². The predicted molar refractivity (Wildman–Crippen MR) is 44.4 cm³/mol. The van der Waals surface area contributed by atoms with Crippen LogP contribution in [0.2, 0.25) is 0 Å². The second-order valence-electron chi connectivity index (χ2n) is 2.68. The van der Waals surface area contributed by atoms with E-state index in [2.05, 4.69) is 11.6 Å². The van der Waals surface area contributed by atoms with Crippen LogP contribution in [0.25, 0.3) is 0 Å². The molecule has 1 heterocycles. The smallest absolute Gasteiger partial charge is 0.371 e. The minimum atomic E-state index is -4.82. The molecule has 0 saturated carbocycles. The normalized spacial score (nSPS) is 16.0. The Labute approximate surface area is 78.7 Å². The second-order valence-corrected chi connectivity index (χ2v) is 2.68. The summed E-state index contributed by atoms with van der Waals surface area (Å²) in [5.74, 6) is 0. The zero-order valence-corrected chi connectivity index (χ0v) is 7.12. The molecule has 1 atom stereocenters. The topological polar surface area (TPSA) is 33.1 Å². The van der Waals surface area contributed by atoms with Crippen molar-refractivity contribution >= 4 is 0 Å². The highest BCUT2D eigenvalue weighted by Crippen LogP contribution is 2.38. The average Bonchev–Trinajstić information content (AvgIpc) is 2.16. The number of hydrogen-bond donors (Lipinski definition) is 1. The summed E-state index contributed by atoms with van der Waals surface area (Å²) in [6.07, 6.45) is -3.21. The van der Waals surface area contributed by atoms with Gasteiger partial charge in [0.15, 0.2) is 0 Å². The van der Waals surface area contributed by atoms with Gasteiger partial charge in [0, 0.05) is 6.20 Å². The number of hydrogen-bond acceptors (Lipinski definition) is 2. The lowest BCUT2D eigenvalue weighted by atomic mass is 9.99. The molecule has 76 valence electrons. The van der Waals surface area contributed by atoms with Crippen LogP contribution in [0.5, 0.6) is 0 Å². The largest absolute Gasteiger partial charge is 0.426 e. The van der Waals surface area contributed by atoms with Gasteiger partial charge in [-0.3, -0.25) is 4.98 Å². The molecule has 0 saturated heterocycles. The fraction of sp³-hybridized carbons (Fsp3) is 0.222. The highest BCUT2D eigenvalue weighted by molar-refractivity contribution is 5.21. The molecule has 14 heavy (non-hydrogen) atoms. The fourth-order valence-corrected chi connectivity index (χ4v) is 0.954.